The van der Waals surface area contributed by atoms with E-state index in [1.165, 1.54) is 6.08 Å². The Balaban J connectivity index is 2.30. The molecule has 0 unspecified atom stereocenters. The monoisotopic (exact) mass is 308 g/mol. The van der Waals surface area contributed by atoms with Crippen LogP contribution in [0.5, 0.6) is 0 Å². The molecular formula is C16H11F3O3. The Bertz CT molecular complexity index is 649. The molecule has 2 aromatic rings. The second kappa shape index (κ2) is 6.91. The van der Waals surface area contributed by atoms with Crippen molar-refractivity contribution in [1.29, 1.82) is 0 Å². The summed E-state index contributed by atoms with van der Waals surface area (Å²) < 4.78 is 36.0. The molecule has 2 rings (SSSR count). The number of carbonyl (C=O) groups excluding carboxylic acids is 1. The standard InChI is InChI=1S/C16H11F3O3/c17-16(18,19)22-21-15(20)14(13-9-5-2-6-10-13)11-12-7-3-1-4-8-12/h1-11H. The molecule has 0 aliphatic rings. The van der Waals surface area contributed by atoms with Gasteiger partial charge in [0.2, 0.25) is 0 Å². The highest BCUT2D eigenvalue weighted by Crippen LogP contribution is 2.22. The summed E-state index contributed by atoms with van der Waals surface area (Å²) in [4.78, 5) is 18.9. The van der Waals surface area contributed by atoms with Crippen molar-refractivity contribution in [3.8, 4) is 0 Å². The summed E-state index contributed by atoms with van der Waals surface area (Å²) >= 11 is 0. The topological polar surface area (TPSA) is 35.5 Å². The summed E-state index contributed by atoms with van der Waals surface area (Å²) in [6.45, 7) is 0. The molecule has 0 atom stereocenters. The van der Waals surface area contributed by atoms with E-state index >= 15 is 0 Å². The Morgan fingerprint density at radius 2 is 1.45 bits per heavy atom. The van der Waals surface area contributed by atoms with Crippen LogP contribution in [0.2, 0.25) is 0 Å². The van der Waals surface area contributed by atoms with Gasteiger partial charge >= 0.3 is 12.3 Å². The van der Waals surface area contributed by atoms with Gasteiger partial charge in [-0.15, -0.1) is 13.2 Å². The van der Waals surface area contributed by atoms with Crippen molar-refractivity contribution in [1.82, 2.24) is 0 Å². The van der Waals surface area contributed by atoms with Gasteiger partial charge in [0.1, 0.15) is 0 Å². The largest absolute Gasteiger partial charge is 0.558 e. The van der Waals surface area contributed by atoms with Crippen molar-refractivity contribution < 1.29 is 27.7 Å². The minimum absolute atomic E-state index is 0.0453. The molecule has 0 heterocycles. The number of carbonyl (C=O) groups is 1. The predicted octanol–water partition coefficient (Wildman–Crippen LogP) is 4.22. The lowest BCUT2D eigenvalue weighted by Gasteiger charge is -2.09. The minimum atomic E-state index is -5.05. The molecule has 0 amide bonds. The van der Waals surface area contributed by atoms with Gasteiger partial charge in [0.05, 0.1) is 5.57 Å². The van der Waals surface area contributed by atoms with Crippen molar-refractivity contribution >= 4 is 17.6 Å². The summed E-state index contributed by atoms with van der Waals surface area (Å²) in [7, 11) is 0. The number of rotatable bonds is 4. The van der Waals surface area contributed by atoms with Crippen LogP contribution in [0.15, 0.2) is 60.7 Å². The third-order valence-corrected chi connectivity index (χ3v) is 2.63. The van der Waals surface area contributed by atoms with Crippen LogP contribution in [0, 0.1) is 0 Å². The molecule has 0 saturated carbocycles. The zero-order valence-corrected chi connectivity index (χ0v) is 11.2. The van der Waals surface area contributed by atoms with Gasteiger partial charge in [-0.3, -0.25) is 4.89 Å². The molecule has 0 aliphatic carbocycles. The van der Waals surface area contributed by atoms with Crippen molar-refractivity contribution in [2.75, 3.05) is 0 Å². The lowest BCUT2D eigenvalue weighted by molar-refractivity contribution is -0.460. The van der Waals surface area contributed by atoms with Crippen LogP contribution in [-0.2, 0) is 14.6 Å². The van der Waals surface area contributed by atoms with Gasteiger partial charge < -0.3 is 0 Å². The molecule has 0 saturated heterocycles. The highest BCUT2D eigenvalue weighted by molar-refractivity contribution is 6.21. The number of hydrogen-bond donors (Lipinski definition) is 0. The van der Waals surface area contributed by atoms with Crippen LogP contribution < -0.4 is 0 Å². The van der Waals surface area contributed by atoms with Gasteiger partial charge in [0.25, 0.3) is 0 Å². The molecule has 114 valence electrons. The molecule has 2 aromatic carbocycles. The molecule has 0 fully saturated rings. The summed E-state index contributed by atoms with van der Waals surface area (Å²) in [5.41, 5.74) is 1.02. The van der Waals surface area contributed by atoms with Crippen LogP contribution in [0.25, 0.3) is 11.6 Å². The quantitative estimate of drug-likeness (QED) is 0.367. The maximum atomic E-state index is 12.0. The third kappa shape index (κ3) is 4.75. The highest BCUT2D eigenvalue weighted by Gasteiger charge is 2.33. The van der Waals surface area contributed by atoms with E-state index in [1.54, 1.807) is 60.7 Å². The van der Waals surface area contributed by atoms with Gasteiger partial charge in [0, 0.05) is 0 Å². The van der Waals surface area contributed by atoms with Crippen molar-refractivity contribution in [2.45, 2.75) is 6.36 Å². The van der Waals surface area contributed by atoms with Gasteiger partial charge in [-0.05, 0) is 17.2 Å². The average molecular weight is 308 g/mol. The first-order valence-corrected chi connectivity index (χ1v) is 6.24. The van der Waals surface area contributed by atoms with Crippen molar-refractivity contribution in [2.24, 2.45) is 0 Å². The van der Waals surface area contributed by atoms with Crippen molar-refractivity contribution in [3.05, 3.63) is 71.8 Å². The highest BCUT2D eigenvalue weighted by atomic mass is 19.4. The molecule has 0 bridgehead atoms. The van der Waals surface area contributed by atoms with E-state index in [4.69, 9.17) is 0 Å². The first kappa shape index (κ1) is 15.8. The molecule has 22 heavy (non-hydrogen) atoms. The van der Waals surface area contributed by atoms with Crippen molar-refractivity contribution in [3.63, 3.8) is 0 Å². The molecule has 3 nitrogen and oxygen atoms in total. The molecule has 0 radical (unpaired) electrons. The van der Waals surface area contributed by atoms with Gasteiger partial charge in [0.15, 0.2) is 0 Å². The second-order valence-corrected chi connectivity index (χ2v) is 4.23. The van der Waals surface area contributed by atoms with E-state index < -0.39 is 12.3 Å². The SMILES string of the molecule is O=C(OOC(F)(F)F)C(=Cc1ccccc1)c1ccccc1. The summed E-state index contributed by atoms with van der Waals surface area (Å²) in [6.07, 6.45) is -3.62. The Kier molecular flexibility index (Phi) is 4.95. The lowest BCUT2D eigenvalue weighted by Crippen LogP contribution is -2.18. The summed E-state index contributed by atoms with van der Waals surface area (Å²) in [5, 5.41) is 0. The van der Waals surface area contributed by atoms with Gasteiger partial charge in [-0.25, -0.2) is 4.79 Å². The Labute approximate surface area is 124 Å². The van der Waals surface area contributed by atoms with E-state index in [0.717, 1.165) is 0 Å². The smallest absolute Gasteiger partial charge is 0.284 e. The van der Waals surface area contributed by atoms with E-state index in [1.807, 2.05) is 0 Å². The van der Waals surface area contributed by atoms with Crippen LogP contribution >= 0.6 is 0 Å². The fraction of sp³-hybridized carbons (Fsp3) is 0.0625. The minimum Gasteiger partial charge on any atom is -0.284 e. The number of benzene rings is 2. The fourth-order valence-electron chi connectivity index (χ4n) is 1.72. The molecular weight excluding hydrogens is 297 g/mol. The molecule has 0 spiro atoms. The van der Waals surface area contributed by atoms with Gasteiger partial charge in [-0.1, -0.05) is 65.6 Å². The van der Waals surface area contributed by atoms with Crippen LogP contribution in [-0.4, -0.2) is 12.3 Å². The maximum absolute atomic E-state index is 12.0. The lowest BCUT2D eigenvalue weighted by atomic mass is 10.0. The first-order chi connectivity index (χ1) is 10.5. The number of halogens is 3. The Morgan fingerprint density at radius 1 is 0.909 bits per heavy atom. The maximum Gasteiger partial charge on any atom is 0.558 e. The van der Waals surface area contributed by atoms with E-state index in [2.05, 4.69) is 9.78 Å². The van der Waals surface area contributed by atoms with Crippen LogP contribution in [0.1, 0.15) is 11.1 Å². The van der Waals surface area contributed by atoms with E-state index in [0.29, 0.717) is 11.1 Å². The molecule has 0 aliphatic heterocycles. The molecule has 0 aromatic heterocycles. The first-order valence-electron chi connectivity index (χ1n) is 6.24. The Hall–Kier alpha value is -2.60. The number of alkyl halides is 3. The van der Waals surface area contributed by atoms with E-state index in [-0.39, 0.29) is 5.57 Å². The molecule has 0 N–H and O–H groups in total. The predicted molar refractivity (Wildman–Crippen MR) is 74.0 cm³/mol. The second-order valence-electron chi connectivity index (χ2n) is 4.23. The zero-order valence-electron chi connectivity index (χ0n) is 11.2. The molecule has 6 heteroatoms. The van der Waals surface area contributed by atoms with E-state index in [9.17, 15) is 18.0 Å². The summed E-state index contributed by atoms with van der Waals surface area (Å²) in [5.74, 6) is -1.23. The summed E-state index contributed by atoms with van der Waals surface area (Å²) in [6, 6.07) is 16.9. The van der Waals surface area contributed by atoms with Crippen LogP contribution in [0.4, 0.5) is 13.2 Å². The fourth-order valence-corrected chi connectivity index (χ4v) is 1.72. The normalized spacial score (nSPS) is 12.0. The van der Waals surface area contributed by atoms with Gasteiger partial charge in [-0.2, -0.15) is 0 Å². The van der Waals surface area contributed by atoms with Crippen LogP contribution in [0.3, 0.4) is 0 Å². The average Bonchev–Trinajstić information content (AvgIpc) is 2.51. The number of hydrogen-bond acceptors (Lipinski definition) is 3. The third-order valence-electron chi connectivity index (χ3n) is 2.63. The zero-order chi connectivity index (χ0) is 16.0. The Morgan fingerprint density at radius 3 is 2.00 bits per heavy atom.